The second-order valence-corrected chi connectivity index (χ2v) is 5.92. The lowest BCUT2D eigenvalue weighted by atomic mass is 9.75. The summed E-state index contributed by atoms with van der Waals surface area (Å²) in [5.41, 5.74) is 4.21. The zero-order valence-electron chi connectivity index (χ0n) is 14.0. The summed E-state index contributed by atoms with van der Waals surface area (Å²) in [4.78, 5) is 4.32. The molecule has 1 heteroatoms. The molecule has 1 nitrogen and oxygen atoms in total. The maximum absolute atomic E-state index is 4.32. The van der Waals surface area contributed by atoms with Crippen molar-refractivity contribution in [2.45, 2.75) is 25.3 Å². The molecule has 1 aromatic carbocycles. The molecule has 2 unspecified atom stereocenters. The van der Waals surface area contributed by atoms with Gasteiger partial charge in [-0.1, -0.05) is 80.3 Å². The van der Waals surface area contributed by atoms with Crippen molar-refractivity contribution in [3.05, 3.63) is 91.1 Å². The molecule has 0 N–H and O–H groups in total. The van der Waals surface area contributed by atoms with Gasteiger partial charge in [0.1, 0.15) is 5.54 Å². The van der Waals surface area contributed by atoms with Crippen LogP contribution in [-0.2, 0) is 6.42 Å². The van der Waals surface area contributed by atoms with Gasteiger partial charge >= 0.3 is 0 Å². The molecule has 0 bridgehead atoms. The molecule has 1 aliphatic carbocycles. The Morgan fingerprint density at radius 3 is 2.65 bits per heavy atom. The first kappa shape index (κ1) is 17.0. The second-order valence-electron chi connectivity index (χ2n) is 5.92. The lowest BCUT2D eigenvalue weighted by Gasteiger charge is -2.34. The van der Waals surface area contributed by atoms with E-state index in [9.17, 15) is 0 Å². The molecular formula is C22H25N. The van der Waals surface area contributed by atoms with Gasteiger partial charge in [-0.15, -0.1) is 6.58 Å². The van der Waals surface area contributed by atoms with Crippen LogP contribution in [0.4, 0.5) is 0 Å². The van der Waals surface area contributed by atoms with Crippen LogP contribution in [-0.4, -0.2) is 12.3 Å². The Morgan fingerprint density at radius 2 is 2.00 bits per heavy atom. The van der Waals surface area contributed by atoms with E-state index in [1.54, 1.807) is 0 Å². The quantitative estimate of drug-likeness (QED) is 0.461. The molecule has 0 saturated carbocycles. The highest BCUT2D eigenvalue weighted by atomic mass is 14.8. The lowest BCUT2D eigenvalue weighted by molar-refractivity contribution is 0.531. The van der Waals surface area contributed by atoms with E-state index >= 15 is 0 Å². The van der Waals surface area contributed by atoms with Gasteiger partial charge in [-0.3, -0.25) is 4.99 Å². The van der Waals surface area contributed by atoms with Crippen molar-refractivity contribution in [2.24, 2.45) is 10.9 Å². The molecule has 0 aromatic heterocycles. The van der Waals surface area contributed by atoms with Gasteiger partial charge < -0.3 is 0 Å². The molecule has 0 radical (unpaired) electrons. The Labute approximate surface area is 140 Å². The maximum atomic E-state index is 4.32. The fourth-order valence-corrected chi connectivity index (χ4v) is 3.17. The van der Waals surface area contributed by atoms with E-state index in [2.05, 4.69) is 68.7 Å². The van der Waals surface area contributed by atoms with Crippen LogP contribution in [0.25, 0.3) is 5.57 Å². The Bertz CT molecular complexity index is 680. The monoisotopic (exact) mass is 303 g/mol. The molecule has 0 amide bonds. The number of hydrogen-bond acceptors (Lipinski definition) is 1. The predicted octanol–water partition coefficient (Wildman–Crippen LogP) is 5.58. The first-order chi connectivity index (χ1) is 11.1. The highest BCUT2D eigenvalue weighted by Crippen LogP contribution is 2.38. The van der Waals surface area contributed by atoms with Crippen LogP contribution in [0, 0.1) is 5.92 Å². The third-order valence-electron chi connectivity index (χ3n) is 4.54. The van der Waals surface area contributed by atoms with Crippen LogP contribution in [0.15, 0.2) is 84.9 Å². The topological polar surface area (TPSA) is 12.4 Å². The molecule has 0 heterocycles. The van der Waals surface area contributed by atoms with Crippen molar-refractivity contribution >= 4 is 12.3 Å². The predicted molar refractivity (Wildman–Crippen MR) is 103 cm³/mol. The Morgan fingerprint density at radius 1 is 1.26 bits per heavy atom. The zero-order valence-corrected chi connectivity index (χ0v) is 14.0. The number of hydrogen-bond donors (Lipinski definition) is 0. The van der Waals surface area contributed by atoms with Crippen molar-refractivity contribution in [3.8, 4) is 0 Å². The van der Waals surface area contributed by atoms with E-state index in [0.717, 1.165) is 24.0 Å². The van der Waals surface area contributed by atoms with Crippen LogP contribution < -0.4 is 0 Å². The maximum Gasteiger partial charge on any atom is 0.106 e. The largest absolute Gasteiger partial charge is 0.285 e. The van der Waals surface area contributed by atoms with Crippen molar-refractivity contribution in [2.75, 3.05) is 0 Å². The molecule has 2 rings (SSSR count). The Balaban J connectivity index is 2.23. The van der Waals surface area contributed by atoms with Crippen LogP contribution in [0.1, 0.15) is 24.5 Å². The normalized spacial score (nSPS) is 22.6. The first-order valence-corrected chi connectivity index (χ1v) is 7.99. The molecule has 1 aromatic rings. The third-order valence-corrected chi connectivity index (χ3v) is 4.54. The van der Waals surface area contributed by atoms with Crippen molar-refractivity contribution in [1.29, 1.82) is 0 Å². The number of aryl methyl sites for hydroxylation is 1. The summed E-state index contributed by atoms with van der Waals surface area (Å²) in [6, 6.07) is 8.43. The molecule has 118 valence electrons. The standard InChI is InChI=1S/C22H25N/c1-6-19-12-8-9-13-20(19)17(3)16-18(4)21-14-10-11-15-22(21,7-2)23-5/h7-15,21H,2-6,16H2,1H3. The summed E-state index contributed by atoms with van der Waals surface area (Å²) in [7, 11) is 0. The molecule has 1 aliphatic rings. The number of allylic oxidation sites excluding steroid dienone is 3. The molecule has 0 aliphatic heterocycles. The average molecular weight is 303 g/mol. The second kappa shape index (κ2) is 7.23. The van der Waals surface area contributed by atoms with E-state index in [0.29, 0.717) is 0 Å². The van der Waals surface area contributed by atoms with E-state index in [1.165, 1.54) is 11.1 Å². The van der Waals surface area contributed by atoms with Crippen molar-refractivity contribution < 1.29 is 0 Å². The first-order valence-electron chi connectivity index (χ1n) is 7.99. The smallest absolute Gasteiger partial charge is 0.106 e. The van der Waals surface area contributed by atoms with Gasteiger partial charge in [0.05, 0.1) is 0 Å². The van der Waals surface area contributed by atoms with Gasteiger partial charge in [0.2, 0.25) is 0 Å². The minimum Gasteiger partial charge on any atom is -0.285 e. The molecule has 0 fully saturated rings. The molecular weight excluding hydrogens is 278 g/mol. The summed E-state index contributed by atoms with van der Waals surface area (Å²) < 4.78 is 0. The zero-order chi connectivity index (χ0) is 16.9. The molecule has 0 spiro atoms. The summed E-state index contributed by atoms with van der Waals surface area (Å²) in [6.07, 6.45) is 11.8. The minimum absolute atomic E-state index is 0.0630. The van der Waals surface area contributed by atoms with Crippen molar-refractivity contribution in [3.63, 3.8) is 0 Å². The highest BCUT2D eigenvalue weighted by Gasteiger charge is 2.33. The summed E-state index contributed by atoms with van der Waals surface area (Å²) in [5.74, 6) is 0.0630. The van der Waals surface area contributed by atoms with E-state index in [4.69, 9.17) is 0 Å². The summed E-state index contributed by atoms with van der Waals surface area (Å²) in [5, 5.41) is 0. The van der Waals surface area contributed by atoms with Gasteiger partial charge in [0.25, 0.3) is 0 Å². The number of rotatable bonds is 7. The molecule has 2 atom stereocenters. The van der Waals surface area contributed by atoms with Gasteiger partial charge in [-0.25, -0.2) is 0 Å². The molecule has 23 heavy (non-hydrogen) atoms. The number of benzene rings is 1. The number of aliphatic imine (C=N–C) groups is 1. The third kappa shape index (κ3) is 3.34. The summed E-state index contributed by atoms with van der Waals surface area (Å²) >= 11 is 0. The SMILES string of the molecule is C=CC1(N=C)C=CC=CC1C(=C)CC(=C)c1ccccc1CC. The van der Waals surface area contributed by atoms with Crippen LogP contribution in [0.5, 0.6) is 0 Å². The van der Waals surface area contributed by atoms with Crippen molar-refractivity contribution in [1.82, 2.24) is 0 Å². The summed E-state index contributed by atoms with van der Waals surface area (Å²) in [6.45, 7) is 18.5. The van der Waals surface area contributed by atoms with E-state index in [-0.39, 0.29) is 5.92 Å². The van der Waals surface area contributed by atoms with Crippen LogP contribution in [0.2, 0.25) is 0 Å². The van der Waals surface area contributed by atoms with Gasteiger partial charge in [0, 0.05) is 5.92 Å². The van der Waals surface area contributed by atoms with Gasteiger partial charge in [-0.2, -0.15) is 0 Å². The van der Waals surface area contributed by atoms with E-state index in [1.807, 2.05) is 24.3 Å². The molecule has 0 saturated heterocycles. The van der Waals surface area contributed by atoms with Gasteiger partial charge in [0.15, 0.2) is 0 Å². The van der Waals surface area contributed by atoms with Crippen LogP contribution >= 0.6 is 0 Å². The lowest BCUT2D eigenvalue weighted by Crippen LogP contribution is -2.32. The fourth-order valence-electron chi connectivity index (χ4n) is 3.17. The Hall–Kier alpha value is -2.41. The number of nitrogens with zero attached hydrogens (tertiary/aromatic N) is 1. The fraction of sp³-hybridized carbons (Fsp3) is 0.227. The minimum atomic E-state index is -0.504. The Kier molecular flexibility index (Phi) is 5.33. The van der Waals surface area contributed by atoms with Crippen LogP contribution in [0.3, 0.4) is 0 Å². The van der Waals surface area contributed by atoms with E-state index < -0.39 is 5.54 Å². The van der Waals surface area contributed by atoms with Gasteiger partial charge in [-0.05, 0) is 36.3 Å². The average Bonchev–Trinajstić information content (AvgIpc) is 2.61. The highest BCUT2D eigenvalue weighted by molar-refractivity contribution is 5.68.